The summed E-state index contributed by atoms with van der Waals surface area (Å²) >= 11 is 0. The second-order valence-corrected chi connectivity index (χ2v) is 10.1. The van der Waals surface area contributed by atoms with Gasteiger partial charge in [0.2, 0.25) is 5.91 Å². The van der Waals surface area contributed by atoms with Crippen LogP contribution in [0.1, 0.15) is 81.5 Å². The molecule has 246 valence electrons. The van der Waals surface area contributed by atoms with E-state index in [1.165, 1.54) is 12.4 Å². The van der Waals surface area contributed by atoms with Crippen LogP contribution in [0.25, 0.3) is 0 Å². The minimum atomic E-state index is -1.08. The van der Waals surface area contributed by atoms with Crippen molar-refractivity contribution in [1.29, 1.82) is 0 Å². The standard InChI is InChI=1S/C36H51N3O6/c1-2-3-4-5-6-7-8-9-10-11-12-13-14-15-16-17-18-19-20-25-34(42)38-27-22-24-33(36(44)45-32(29-40)30-41)39-35(43)31-23-21-26-37-28-31/h3-4,6-7,9-10,12-13,15-16,18-19,21,23,26,28,32-33,40-41H,2,5,8,11,14,17,20,22,24-25,27,29-30H2,1H3,(H,38,42)(H,39,43)/t33-/m0/s1. The maximum atomic E-state index is 12.6. The molecule has 0 fully saturated rings. The van der Waals surface area contributed by atoms with Crippen molar-refractivity contribution >= 4 is 17.8 Å². The van der Waals surface area contributed by atoms with Crippen molar-refractivity contribution in [1.82, 2.24) is 15.6 Å². The first-order chi connectivity index (χ1) is 22.0. The molecule has 1 aromatic rings. The number of esters is 1. The molecule has 2 amide bonds. The predicted molar refractivity (Wildman–Crippen MR) is 179 cm³/mol. The van der Waals surface area contributed by atoms with E-state index in [9.17, 15) is 24.6 Å². The van der Waals surface area contributed by atoms with Crippen LogP contribution in [0.5, 0.6) is 0 Å². The van der Waals surface area contributed by atoms with Crippen molar-refractivity contribution in [2.45, 2.75) is 83.3 Å². The lowest BCUT2D eigenvalue weighted by atomic mass is 10.1. The average molecular weight is 622 g/mol. The van der Waals surface area contributed by atoms with Crippen molar-refractivity contribution in [3.8, 4) is 0 Å². The maximum absolute atomic E-state index is 12.6. The van der Waals surface area contributed by atoms with E-state index in [-0.39, 0.29) is 17.9 Å². The molecule has 9 heteroatoms. The van der Waals surface area contributed by atoms with Crippen molar-refractivity contribution in [3.05, 3.63) is 103 Å². The molecule has 1 rings (SSSR count). The fourth-order valence-corrected chi connectivity index (χ4v) is 3.84. The highest BCUT2D eigenvalue weighted by Gasteiger charge is 2.25. The molecule has 1 heterocycles. The predicted octanol–water partition coefficient (Wildman–Crippen LogP) is 5.45. The number of carbonyl (C=O) groups excluding carboxylic acids is 3. The van der Waals surface area contributed by atoms with E-state index in [1.54, 1.807) is 12.1 Å². The number of amides is 2. The Morgan fingerprint density at radius 3 is 1.91 bits per heavy atom. The third kappa shape index (κ3) is 21.3. The Kier molecular flexibility index (Phi) is 23.8. The topological polar surface area (TPSA) is 138 Å². The summed E-state index contributed by atoms with van der Waals surface area (Å²) in [6.07, 6.45) is 34.8. The smallest absolute Gasteiger partial charge is 0.329 e. The number of allylic oxidation sites excluding steroid dienone is 12. The molecule has 0 aliphatic carbocycles. The lowest BCUT2D eigenvalue weighted by Crippen LogP contribution is -2.44. The molecule has 1 atom stereocenters. The quantitative estimate of drug-likeness (QED) is 0.0684. The van der Waals surface area contributed by atoms with Gasteiger partial charge >= 0.3 is 5.97 Å². The Morgan fingerprint density at radius 1 is 0.844 bits per heavy atom. The first-order valence-electron chi connectivity index (χ1n) is 15.8. The minimum absolute atomic E-state index is 0.103. The van der Waals surface area contributed by atoms with Gasteiger partial charge in [-0.25, -0.2) is 4.79 Å². The third-order valence-electron chi connectivity index (χ3n) is 6.33. The molecule has 0 aliphatic rings. The van der Waals surface area contributed by atoms with Crippen LogP contribution in [0.4, 0.5) is 0 Å². The molecule has 0 bridgehead atoms. The minimum Gasteiger partial charge on any atom is -0.456 e. The first kappa shape index (κ1) is 38.9. The molecule has 0 saturated heterocycles. The van der Waals surface area contributed by atoms with Crippen LogP contribution >= 0.6 is 0 Å². The summed E-state index contributed by atoms with van der Waals surface area (Å²) in [7, 11) is 0. The van der Waals surface area contributed by atoms with Gasteiger partial charge in [-0.2, -0.15) is 0 Å². The summed E-state index contributed by atoms with van der Waals surface area (Å²) in [5.41, 5.74) is 0.277. The number of ether oxygens (including phenoxy) is 1. The average Bonchev–Trinajstić information content (AvgIpc) is 3.06. The summed E-state index contributed by atoms with van der Waals surface area (Å²) in [4.78, 5) is 41.2. The number of rotatable bonds is 24. The number of aliphatic hydroxyl groups is 2. The highest BCUT2D eigenvalue weighted by atomic mass is 16.6. The lowest BCUT2D eigenvalue weighted by Gasteiger charge is -2.20. The molecule has 1 aromatic heterocycles. The number of hydrogen-bond donors (Lipinski definition) is 4. The van der Waals surface area contributed by atoms with Crippen molar-refractivity contribution in [3.63, 3.8) is 0 Å². The molecule has 4 N–H and O–H groups in total. The molecule has 0 radical (unpaired) electrons. The Morgan fingerprint density at radius 2 is 1.40 bits per heavy atom. The van der Waals surface area contributed by atoms with Crippen molar-refractivity contribution < 1.29 is 29.3 Å². The summed E-state index contributed by atoms with van der Waals surface area (Å²) in [6, 6.07) is 2.15. The van der Waals surface area contributed by atoms with Crippen molar-refractivity contribution in [2.24, 2.45) is 0 Å². The van der Waals surface area contributed by atoms with Gasteiger partial charge in [0.1, 0.15) is 12.1 Å². The second-order valence-electron chi connectivity index (χ2n) is 10.1. The zero-order valence-electron chi connectivity index (χ0n) is 26.6. The number of aromatic nitrogens is 1. The van der Waals surface area contributed by atoms with Crippen LogP contribution in [0.15, 0.2) is 97.4 Å². The summed E-state index contributed by atoms with van der Waals surface area (Å²) in [5.74, 6) is -1.38. The van der Waals surface area contributed by atoms with Crippen LogP contribution < -0.4 is 10.6 Å². The summed E-state index contributed by atoms with van der Waals surface area (Å²) in [6.45, 7) is 1.37. The molecular formula is C36H51N3O6. The lowest BCUT2D eigenvalue weighted by molar-refractivity contribution is -0.155. The Balaban J connectivity index is 2.24. The summed E-state index contributed by atoms with van der Waals surface area (Å²) < 4.78 is 5.10. The van der Waals surface area contributed by atoms with Gasteiger partial charge in [0.25, 0.3) is 5.91 Å². The Bertz CT molecular complexity index is 1120. The zero-order valence-corrected chi connectivity index (χ0v) is 26.6. The van der Waals surface area contributed by atoms with E-state index in [2.05, 4.69) is 83.3 Å². The normalized spacial score (nSPS) is 12.9. The Hall–Kier alpha value is -4.08. The fourth-order valence-electron chi connectivity index (χ4n) is 3.84. The third-order valence-corrected chi connectivity index (χ3v) is 6.33. The molecule has 9 nitrogen and oxygen atoms in total. The van der Waals surface area contributed by atoms with E-state index < -0.39 is 37.2 Å². The number of hydrogen-bond acceptors (Lipinski definition) is 7. The monoisotopic (exact) mass is 621 g/mol. The van der Waals surface area contributed by atoms with Gasteiger partial charge in [-0.15, -0.1) is 0 Å². The maximum Gasteiger partial charge on any atom is 0.329 e. The molecule has 0 aromatic carbocycles. The highest BCUT2D eigenvalue weighted by Crippen LogP contribution is 2.06. The van der Waals surface area contributed by atoms with E-state index in [0.29, 0.717) is 25.8 Å². The highest BCUT2D eigenvalue weighted by molar-refractivity contribution is 5.96. The van der Waals surface area contributed by atoms with Crippen LogP contribution in [0.3, 0.4) is 0 Å². The SMILES string of the molecule is CCC=CCC=CCC=CCC=CCC=CCC=CCCC(=O)NCCC[C@H](NC(=O)c1cccnc1)C(=O)OC(CO)CO. The first-order valence-corrected chi connectivity index (χ1v) is 15.8. The van der Waals surface area contributed by atoms with E-state index in [1.807, 2.05) is 12.2 Å². The van der Waals surface area contributed by atoms with Gasteiger partial charge < -0.3 is 25.6 Å². The van der Waals surface area contributed by atoms with E-state index in [0.717, 1.165) is 38.5 Å². The Labute approximate surface area is 268 Å². The number of nitrogens with zero attached hydrogens (tertiary/aromatic N) is 1. The second kappa shape index (κ2) is 27.5. The number of pyridine rings is 1. The molecule has 45 heavy (non-hydrogen) atoms. The van der Waals surface area contributed by atoms with Crippen LogP contribution in [0.2, 0.25) is 0 Å². The van der Waals surface area contributed by atoms with Crippen LogP contribution in [0, 0.1) is 0 Å². The number of carbonyl (C=O) groups is 3. The number of aliphatic hydroxyl groups excluding tert-OH is 2. The van der Waals surface area contributed by atoms with Crippen LogP contribution in [-0.4, -0.2) is 64.9 Å². The van der Waals surface area contributed by atoms with Gasteiger partial charge in [0.05, 0.1) is 18.8 Å². The number of nitrogens with one attached hydrogen (secondary N) is 2. The zero-order chi connectivity index (χ0) is 32.8. The van der Waals surface area contributed by atoms with Gasteiger partial charge in [0, 0.05) is 25.4 Å². The fraction of sp³-hybridized carbons (Fsp3) is 0.444. The largest absolute Gasteiger partial charge is 0.456 e. The van der Waals surface area contributed by atoms with Gasteiger partial charge in [-0.05, 0) is 69.9 Å². The molecule has 0 aliphatic heterocycles. The van der Waals surface area contributed by atoms with Gasteiger partial charge in [-0.3, -0.25) is 14.6 Å². The summed E-state index contributed by atoms with van der Waals surface area (Å²) in [5, 5.41) is 23.9. The van der Waals surface area contributed by atoms with E-state index in [4.69, 9.17) is 4.74 Å². The van der Waals surface area contributed by atoms with Gasteiger partial charge in [-0.1, -0.05) is 79.8 Å². The van der Waals surface area contributed by atoms with Gasteiger partial charge in [0.15, 0.2) is 0 Å². The molecule has 0 spiro atoms. The molecular weight excluding hydrogens is 570 g/mol. The van der Waals surface area contributed by atoms with Crippen LogP contribution in [-0.2, 0) is 14.3 Å². The van der Waals surface area contributed by atoms with Crippen molar-refractivity contribution in [2.75, 3.05) is 19.8 Å². The molecule has 0 saturated carbocycles. The van der Waals surface area contributed by atoms with E-state index >= 15 is 0 Å². The molecule has 0 unspecified atom stereocenters.